The lowest BCUT2D eigenvalue weighted by Crippen LogP contribution is -2.57. The molecule has 2 N–H and O–H groups in total. The second kappa shape index (κ2) is 9.42. The minimum atomic E-state index is -0.248. The number of para-hydroxylation sites is 1. The van der Waals surface area contributed by atoms with E-state index in [9.17, 15) is 4.79 Å². The number of amides is 1. The quantitative estimate of drug-likeness (QED) is 0.821. The number of nitrogens with zero attached hydrogens (tertiary/aromatic N) is 3. The molecule has 5 heteroatoms. The molecule has 5 nitrogen and oxygen atoms in total. The predicted octanol–water partition coefficient (Wildman–Crippen LogP) is 2.85. The summed E-state index contributed by atoms with van der Waals surface area (Å²) in [5.74, 6) is -0.224. The lowest BCUT2D eigenvalue weighted by atomic mass is 10.0. The number of primary amides is 1. The highest BCUT2D eigenvalue weighted by Gasteiger charge is 2.31. The zero-order valence-electron chi connectivity index (χ0n) is 17.2. The summed E-state index contributed by atoms with van der Waals surface area (Å²) in [4.78, 5) is 19.4. The number of hydrogen-bond acceptors (Lipinski definition) is 4. The lowest BCUT2D eigenvalue weighted by molar-refractivity contribution is -0.126. The Hall–Kier alpha value is -2.37. The van der Waals surface area contributed by atoms with Gasteiger partial charge in [-0.05, 0) is 36.5 Å². The van der Waals surface area contributed by atoms with Crippen LogP contribution in [0.3, 0.4) is 0 Å². The molecule has 0 unspecified atom stereocenters. The summed E-state index contributed by atoms with van der Waals surface area (Å²) in [6.45, 7) is 6.39. The molecule has 1 amide bonds. The zero-order valence-corrected chi connectivity index (χ0v) is 17.2. The van der Waals surface area contributed by atoms with Crippen LogP contribution in [-0.4, -0.2) is 54.5 Å². The molecule has 4 rings (SSSR count). The molecule has 2 aliphatic heterocycles. The highest BCUT2D eigenvalue weighted by Crippen LogP contribution is 2.26. The first-order valence-corrected chi connectivity index (χ1v) is 10.8. The van der Waals surface area contributed by atoms with Crippen LogP contribution in [0.2, 0.25) is 0 Å². The van der Waals surface area contributed by atoms with Gasteiger partial charge in [0, 0.05) is 51.5 Å². The fourth-order valence-corrected chi connectivity index (χ4v) is 4.63. The van der Waals surface area contributed by atoms with Crippen LogP contribution in [0.1, 0.15) is 30.4 Å². The number of piperazine rings is 1. The molecule has 1 atom stereocenters. The van der Waals surface area contributed by atoms with Gasteiger partial charge in [0.2, 0.25) is 5.91 Å². The molecule has 0 radical (unpaired) electrons. The summed E-state index contributed by atoms with van der Waals surface area (Å²) in [7, 11) is 0. The van der Waals surface area contributed by atoms with E-state index in [0.29, 0.717) is 6.54 Å². The molecule has 0 bridgehead atoms. The Balaban J connectivity index is 1.45. The first-order chi connectivity index (χ1) is 14.2. The first kappa shape index (κ1) is 19.9. The Morgan fingerprint density at radius 3 is 2.34 bits per heavy atom. The number of carbonyl (C=O) groups is 1. The summed E-state index contributed by atoms with van der Waals surface area (Å²) in [5, 5.41) is 0. The SMILES string of the molecule is NC(=O)[C@@H]1CN(Cc2ccccc2)CCN1Cc1ccccc1N1CCCCC1. The maximum absolute atomic E-state index is 12.3. The maximum atomic E-state index is 12.3. The maximum Gasteiger partial charge on any atom is 0.236 e. The third-order valence-electron chi connectivity index (χ3n) is 6.21. The van der Waals surface area contributed by atoms with Crippen LogP contribution < -0.4 is 10.6 Å². The second-order valence-electron chi connectivity index (χ2n) is 8.29. The summed E-state index contributed by atoms with van der Waals surface area (Å²) in [6.07, 6.45) is 3.85. The second-order valence-corrected chi connectivity index (χ2v) is 8.29. The van der Waals surface area contributed by atoms with Gasteiger partial charge in [-0.2, -0.15) is 0 Å². The molecule has 2 aromatic carbocycles. The highest BCUT2D eigenvalue weighted by atomic mass is 16.1. The Morgan fingerprint density at radius 2 is 1.59 bits per heavy atom. The number of benzene rings is 2. The molecule has 2 aromatic rings. The van der Waals surface area contributed by atoms with Crippen molar-refractivity contribution in [3.8, 4) is 0 Å². The molecule has 0 aromatic heterocycles. The van der Waals surface area contributed by atoms with Gasteiger partial charge in [-0.15, -0.1) is 0 Å². The largest absolute Gasteiger partial charge is 0.371 e. The van der Waals surface area contributed by atoms with Crippen molar-refractivity contribution in [2.75, 3.05) is 37.6 Å². The van der Waals surface area contributed by atoms with Crippen LogP contribution in [0.25, 0.3) is 0 Å². The summed E-state index contributed by atoms with van der Waals surface area (Å²) >= 11 is 0. The fraction of sp³-hybridized carbons (Fsp3) is 0.458. The lowest BCUT2D eigenvalue weighted by Gasteiger charge is -2.40. The molecule has 154 valence electrons. The minimum Gasteiger partial charge on any atom is -0.371 e. The van der Waals surface area contributed by atoms with Crippen molar-refractivity contribution in [2.24, 2.45) is 5.73 Å². The molecular formula is C24H32N4O. The number of anilines is 1. The van der Waals surface area contributed by atoms with Crippen LogP contribution in [0.4, 0.5) is 5.69 Å². The summed E-state index contributed by atoms with van der Waals surface area (Å²) in [6, 6.07) is 18.9. The van der Waals surface area contributed by atoms with Crippen molar-refractivity contribution < 1.29 is 4.79 Å². The van der Waals surface area contributed by atoms with Crippen LogP contribution in [0.5, 0.6) is 0 Å². The van der Waals surface area contributed by atoms with E-state index in [0.717, 1.165) is 39.3 Å². The molecular weight excluding hydrogens is 360 g/mol. The van der Waals surface area contributed by atoms with E-state index < -0.39 is 0 Å². The molecule has 2 aliphatic rings. The van der Waals surface area contributed by atoms with E-state index in [1.807, 2.05) is 6.07 Å². The molecule has 0 aliphatic carbocycles. The van der Waals surface area contributed by atoms with Gasteiger partial charge in [0.25, 0.3) is 0 Å². The third-order valence-corrected chi connectivity index (χ3v) is 6.21. The van der Waals surface area contributed by atoms with E-state index in [1.54, 1.807) is 0 Å². The van der Waals surface area contributed by atoms with Crippen molar-refractivity contribution >= 4 is 11.6 Å². The number of nitrogens with two attached hydrogens (primary N) is 1. The van der Waals surface area contributed by atoms with Gasteiger partial charge in [-0.25, -0.2) is 0 Å². The van der Waals surface area contributed by atoms with Crippen LogP contribution in [0.15, 0.2) is 54.6 Å². The van der Waals surface area contributed by atoms with Gasteiger partial charge >= 0.3 is 0 Å². The van der Waals surface area contributed by atoms with Crippen molar-refractivity contribution in [3.05, 3.63) is 65.7 Å². The number of carbonyl (C=O) groups excluding carboxylic acids is 1. The first-order valence-electron chi connectivity index (χ1n) is 10.8. The molecule has 0 spiro atoms. The van der Waals surface area contributed by atoms with Gasteiger partial charge in [0.15, 0.2) is 0 Å². The van der Waals surface area contributed by atoms with Gasteiger partial charge in [0.05, 0.1) is 0 Å². The Kier molecular flexibility index (Phi) is 6.47. The third kappa shape index (κ3) is 4.98. The Bertz CT molecular complexity index is 804. The van der Waals surface area contributed by atoms with Crippen molar-refractivity contribution in [2.45, 2.75) is 38.4 Å². The van der Waals surface area contributed by atoms with E-state index in [1.165, 1.54) is 36.1 Å². The van der Waals surface area contributed by atoms with Crippen molar-refractivity contribution in [3.63, 3.8) is 0 Å². The Morgan fingerprint density at radius 1 is 0.862 bits per heavy atom. The smallest absolute Gasteiger partial charge is 0.236 e. The monoisotopic (exact) mass is 392 g/mol. The standard InChI is InChI=1S/C24H32N4O/c25-24(29)23-19-26(17-20-9-3-1-4-10-20)15-16-28(23)18-21-11-5-6-12-22(21)27-13-7-2-8-14-27/h1,3-6,9-12,23H,2,7-8,13-19H2,(H2,25,29)/t23-/m0/s1. The van der Waals surface area contributed by atoms with E-state index in [-0.39, 0.29) is 11.9 Å². The van der Waals surface area contributed by atoms with Gasteiger partial charge in [-0.3, -0.25) is 14.6 Å². The predicted molar refractivity (Wildman–Crippen MR) is 118 cm³/mol. The molecule has 2 fully saturated rings. The van der Waals surface area contributed by atoms with E-state index >= 15 is 0 Å². The van der Waals surface area contributed by atoms with Gasteiger partial charge in [-0.1, -0.05) is 48.5 Å². The van der Waals surface area contributed by atoms with Crippen molar-refractivity contribution in [1.82, 2.24) is 9.80 Å². The normalized spacial score (nSPS) is 21.2. The van der Waals surface area contributed by atoms with Gasteiger partial charge < -0.3 is 10.6 Å². The Labute approximate surface area is 174 Å². The molecule has 0 saturated carbocycles. The fourth-order valence-electron chi connectivity index (χ4n) is 4.63. The average molecular weight is 393 g/mol. The van der Waals surface area contributed by atoms with E-state index in [2.05, 4.69) is 63.2 Å². The zero-order chi connectivity index (χ0) is 20.1. The molecule has 2 heterocycles. The topological polar surface area (TPSA) is 52.8 Å². The van der Waals surface area contributed by atoms with Crippen LogP contribution in [0, 0.1) is 0 Å². The molecule has 2 saturated heterocycles. The highest BCUT2D eigenvalue weighted by molar-refractivity contribution is 5.80. The van der Waals surface area contributed by atoms with Crippen molar-refractivity contribution in [1.29, 1.82) is 0 Å². The summed E-state index contributed by atoms with van der Waals surface area (Å²) in [5.41, 5.74) is 9.73. The minimum absolute atomic E-state index is 0.224. The van der Waals surface area contributed by atoms with Crippen LogP contribution in [-0.2, 0) is 17.9 Å². The average Bonchev–Trinajstić information content (AvgIpc) is 2.76. The molecule has 29 heavy (non-hydrogen) atoms. The number of hydrogen-bond donors (Lipinski definition) is 1. The van der Waals surface area contributed by atoms with E-state index in [4.69, 9.17) is 5.73 Å². The van der Waals surface area contributed by atoms with Crippen LogP contribution >= 0.6 is 0 Å². The summed E-state index contributed by atoms with van der Waals surface area (Å²) < 4.78 is 0. The van der Waals surface area contributed by atoms with Gasteiger partial charge in [0.1, 0.15) is 6.04 Å². The number of piperidine rings is 1. The number of rotatable bonds is 6.